The van der Waals surface area contributed by atoms with Crippen LogP contribution < -0.4 is 19.7 Å². The molecular weight excluding hydrogens is 344 g/mol. The lowest BCUT2D eigenvalue weighted by molar-refractivity contribution is 0.399. The molecule has 8 heteroatoms. The van der Waals surface area contributed by atoms with Crippen molar-refractivity contribution in [1.29, 1.82) is 0 Å². The number of hydrogen-bond donors (Lipinski definition) is 1. The fourth-order valence-corrected chi connectivity index (χ4v) is 2.99. The van der Waals surface area contributed by atoms with Crippen LogP contribution in [-0.2, 0) is 13.6 Å². The van der Waals surface area contributed by atoms with E-state index >= 15 is 0 Å². The van der Waals surface area contributed by atoms with Crippen LogP contribution in [0.15, 0.2) is 24.4 Å². The van der Waals surface area contributed by atoms with E-state index in [4.69, 9.17) is 14.5 Å². The highest BCUT2D eigenvalue weighted by atomic mass is 16.5. The lowest BCUT2D eigenvalue weighted by Crippen LogP contribution is -2.24. The summed E-state index contributed by atoms with van der Waals surface area (Å²) in [4.78, 5) is 11.5. The number of aromatic nitrogens is 4. The lowest BCUT2D eigenvalue weighted by Gasteiger charge is -2.20. The van der Waals surface area contributed by atoms with E-state index in [1.54, 1.807) is 25.1 Å². The van der Waals surface area contributed by atoms with Crippen molar-refractivity contribution in [3.63, 3.8) is 0 Å². The van der Waals surface area contributed by atoms with Crippen molar-refractivity contribution < 1.29 is 9.47 Å². The monoisotopic (exact) mass is 370 g/mol. The summed E-state index contributed by atoms with van der Waals surface area (Å²) < 4.78 is 12.6. The van der Waals surface area contributed by atoms with E-state index in [0.29, 0.717) is 12.5 Å². The number of methoxy groups -OCH3 is 2. The van der Waals surface area contributed by atoms with E-state index in [9.17, 15) is 0 Å². The molecule has 0 spiro atoms. The highest BCUT2D eigenvalue weighted by Gasteiger charge is 2.15. The molecule has 144 valence electrons. The number of nitrogens with one attached hydrogen (secondary N) is 1. The van der Waals surface area contributed by atoms with Crippen molar-refractivity contribution in [2.75, 3.05) is 37.5 Å². The summed E-state index contributed by atoms with van der Waals surface area (Å²) in [6, 6.07) is 5.74. The van der Waals surface area contributed by atoms with Crippen molar-refractivity contribution in [3.05, 3.63) is 30.0 Å². The first-order chi connectivity index (χ1) is 13.1. The smallest absolute Gasteiger partial charge is 0.229 e. The Morgan fingerprint density at radius 3 is 2.56 bits per heavy atom. The zero-order chi connectivity index (χ0) is 19.4. The number of ether oxygens (including phenoxy) is 2. The summed E-state index contributed by atoms with van der Waals surface area (Å²) in [5.41, 5.74) is 1.78. The predicted molar refractivity (Wildman–Crippen MR) is 107 cm³/mol. The van der Waals surface area contributed by atoms with Gasteiger partial charge in [-0.3, -0.25) is 4.68 Å². The number of hydrogen-bond acceptors (Lipinski definition) is 7. The molecule has 0 aliphatic carbocycles. The first-order valence-electron chi connectivity index (χ1n) is 9.00. The normalized spacial score (nSPS) is 10.9. The molecule has 0 radical (unpaired) electrons. The van der Waals surface area contributed by atoms with E-state index in [-0.39, 0.29) is 0 Å². The van der Waals surface area contributed by atoms with Gasteiger partial charge in [0.15, 0.2) is 5.65 Å². The summed E-state index contributed by atoms with van der Waals surface area (Å²) >= 11 is 0. The average Bonchev–Trinajstić information content (AvgIpc) is 3.08. The van der Waals surface area contributed by atoms with Gasteiger partial charge in [-0.2, -0.15) is 15.1 Å². The molecule has 3 rings (SSSR count). The van der Waals surface area contributed by atoms with Gasteiger partial charge in [-0.05, 0) is 32.0 Å². The van der Waals surface area contributed by atoms with E-state index in [2.05, 4.69) is 34.1 Å². The predicted octanol–water partition coefficient (Wildman–Crippen LogP) is 2.84. The quantitative estimate of drug-likeness (QED) is 0.653. The largest absolute Gasteiger partial charge is 0.497 e. The molecule has 3 aromatic rings. The topological polar surface area (TPSA) is 77.3 Å². The van der Waals surface area contributed by atoms with Crippen LogP contribution in [0.5, 0.6) is 11.5 Å². The molecule has 0 aliphatic heterocycles. The van der Waals surface area contributed by atoms with Gasteiger partial charge in [0.25, 0.3) is 0 Å². The number of benzene rings is 1. The second-order valence-electron chi connectivity index (χ2n) is 6.08. The fraction of sp³-hybridized carbons (Fsp3) is 0.421. The SMILES string of the molecule is CCN(CC)c1nc(NCc2cc(OC)ccc2OC)c2cnn(C)c2n1. The molecule has 0 bridgehead atoms. The summed E-state index contributed by atoms with van der Waals surface area (Å²) in [6.45, 7) is 6.40. The minimum atomic E-state index is 0.541. The van der Waals surface area contributed by atoms with E-state index in [1.165, 1.54) is 0 Å². The third-order valence-corrected chi connectivity index (χ3v) is 4.56. The van der Waals surface area contributed by atoms with Crippen LogP contribution in [-0.4, -0.2) is 47.1 Å². The van der Waals surface area contributed by atoms with Gasteiger partial charge in [0.2, 0.25) is 5.95 Å². The molecule has 8 nitrogen and oxygen atoms in total. The second kappa shape index (κ2) is 8.11. The molecule has 0 fully saturated rings. The van der Waals surface area contributed by atoms with Crippen molar-refractivity contribution >= 4 is 22.8 Å². The van der Waals surface area contributed by atoms with Crippen molar-refractivity contribution in [2.24, 2.45) is 7.05 Å². The van der Waals surface area contributed by atoms with Gasteiger partial charge >= 0.3 is 0 Å². The molecule has 0 atom stereocenters. The average molecular weight is 370 g/mol. The molecular formula is C19H26N6O2. The molecule has 0 saturated carbocycles. The fourth-order valence-electron chi connectivity index (χ4n) is 2.99. The van der Waals surface area contributed by atoms with Crippen molar-refractivity contribution in [1.82, 2.24) is 19.7 Å². The van der Waals surface area contributed by atoms with Gasteiger partial charge in [-0.1, -0.05) is 0 Å². The van der Waals surface area contributed by atoms with Crippen LogP contribution in [0.25, 0.3) is 11.0 Å². The van der Waals surface area contributed by atoms with Gasteiger partial charge < -0.3 is 19.7 Å². The van der Waals surface area contributed by atoms with Crippen molar-refractivity contribution in [3.8, 4) is 11.5 Å². The number of fused-ring (bicyclic) bond motifs is 1. The molecule has 2 aromatic heterocycles. The van der Waals surface area contributed by atoms with E-state index in [1.807, 2.05) is 25.2 Å². The first-order valence-corrected chi connectivity index (χ1v) is 9.00. The number of rotatable bonds is 8. The van der Waals surface area contributed by atoms with Crippen LogP contribution in [0.3, 0.4) is 0 Å². The molecule has 1 N–H and O–H groups in total. The summed E-state index contributed by atoms with van der Waals surface area (Å²) in [6.07, 6.45) is 1.78. The standard InChI is InChI=1S/C19H26N6O2/c1-6-25(7-2)19-22-17(15-12-21-24(3)18(15)23-19)20-11-13-10-14(26-4)8-9-16(13)27-5/h8-10,12H,6-7,11H2,1-5H3,(H,20,22,23). The maximum absolute atomic E-state index is 5.47. The van der Waals surface area contributed by atoms with Crippen LogP contribution in [0.1, 0.15) is 19.4 Å². The zero-order valence-corrected chi connectivity index (χ0v) is 16.5. The Balaban J connectivity index is 1.97. The van der Waals surface area contributed by atoms with Crippen molar-refractivity contribution in [2.45, 2.75) is 20.4 Å². The number of nitrogens with zero attached hydrogens (tertiary/aromatic N) is 5. The van der Waals surface area contributed by atoms with Crippen LogP contribution in [0, 0.1) is 0 Å². The molecule has 0 amide bonds. The maximum atomic E-state index is 5.47. The van der Waals surface area contributed by atoms with Gasteiger partial charge in [0.05, 0.1) is 25.8 Å². The molecule has 0 saturated heterocycles. The lowest BCUT2D eigenvalue weighted by atomic mass is 10.2. The Hall–Kier alpha value is -3.03. The van der Waals surface area contributed by atoms with Gasteiger partial charge in [-0.25, -0.2) is 0 Å². The molecule has 0 aliphatic rings. The molecule has 2 heterocycles. The summed E-state index contributed by atoms with van der Waals surface area (Å²) in [5, 5.41) is 8.64. The molecule has 27 heavy (non-hydrogen) atoms. The van der Waals surface area contributed by atoms with Gasteiger partial charge in [0, 0.05) is 32.2 Å². The highest BCUT2D eigenvalue weighted by molar-refractivity contribution is 5.87. The highest BCUT2D eigenvalue weighted by Crippen LogP contribution is 2.27. The minimum absolute atomic E-state index is 0.541. The maximum Gasteiger partial charge on any atom is 0.229 e. The Morgan fingerprint density at radius 1 is 1.11 bits per heavy atom. The van der Waals surface area contributed by atoms with Crippen LogP contribution in [0.4, 0.5) is 11.8 Å². The Labute approximate surface area is 159 Å². The van der Waals surface area contributed by atoms with E-state index in [0.717, 1.165) is 47.0 Å². The minimum Gasteiger partial charge on any atom is -0.497 e. The Morgan fingerprint density at radius 2 is 1.89 bits per heavy atom. The summed E-state index contributed by atoms with van der Waals surface area (Å²) in [5.74, 6) is 3.02. The second-order valence-corrected chi connectivity index (χ2v) is 6.08. The number of anilines is 2. The van der Waals surface area contributed by atoms with Crippen LogP contribution >= 0.6 is 0 Å². The van der Waals surface area contributed by atoms with Gasteiger partial charge in [0.1, 0.15) is 17.3 Å². The van der Waals surface area contributed by atoms with Gasteiger partial charge in [-0.15, -0.1) is 0 Å². The first kappa shape index (κ1) is 18.8. The van der Waals surface area contributed by atoms with E-state index < -0.39 is 0 Å². The third kappa shape index (κ3) is 3.74. The zero-order valence-electron chi connectivity index (χ0n) is 16.5. The third-order valence-electron chi connectivity index (χ3n) is 4.56. The number of aryl methyl sites for hydroxylation is 1. The summed E-state index contributed by atoms with van der Waals surface area (Å²) in [7, 11) is 5.20. The van der Waals surface area contributed by atoms with Crippen LogP contribution in [0.2, 0.25) is 0 Å². The Kier molecular flexibility index (Phi) is 5.63. The molecule has 1 aromatic carbocycles. The Bertz CT molecular complexity index is 920. The molecule has 0 unspecified atom stereocenters.